The fourth-order valence-electron chi connectivity index (χ4n) is 1.16. The minimum atomic E-state index is -3.41. The van der Waals surface area contributed by atoms with Crippen LogP contribution in [0.2, 0.25) is 0 Å². The molecule has 0 spiro atoms. The highest BCUT2D eigenvalue weighted by Gasteiger charge is 2.18. The van der Waals surface area contributed by atoms with Crippen LogP contribution in [0, 0.1) is 11.3 Å². The average molecular weight is 225 g/mol. The molecule has 0 bridgehead atoms. The zero-order chi connectivity index (χ0) is 11.5. The van der Waals surface area contributed by atoms with E-state index in [0.717, 1.165) is 0 Å². The standard InChI is InChI=1S/C9H11N3O2S/c1-2-3-15(13,14)9-8(11)4-7(5-10)6-12-9/h4,6H,2-3,11H2,1H3. The molecule has 2 N–H and O–H groups in total. The van der Waals surface area contributed by atoms with Crippen molar-refractivity contribution in [2.24, 2.45) is 0 Å². The maximum Gasteiger partial charge on any atom is 0.197 e. The lowest BCUT2D eigenvalue weighted by atomic mass is 10.3. The van der Waals surface area contributed by atoms with Crippen LogP contribution in [0.25, 0.3) is 0 Å². The van der Waals surface area contributed by atoms with Crippen molar-refractivity contribution in [3.8, 4) is 6.07 Å². The number of nitrogen functional groups attached to an aromatic ring is 1. The molecule has 0 atom stereocenters. The van der Waals surface area contributed by atoms with Gasteiger partial charge in [-0.25, -0.2) is 13.4 Å². The van der Waals surface area contributed by atoms with Gasteiger partial charge in [0.2, 0.25) is 0 Å². The molecule has 0 amide bonds. The molecular formula is C9H11N3O2S. The summed E-state index contributed by atoms with van der Waals surface area (Å²) in [5, 5.41) is 8.43. The predicted octanol–water partition coefficient (Wildman–Crippen LogP) is 0.719. The summed E-state index contributed by atoms with van der Waals surface area (Å²) in [5.41, 5.74) is 5.80. The van der Waals surface area contributed by atoms with Crippen molar-refractivity contribution in [2.45, 2.75) is 18.4 Å². The Morgan fingerprint density at radius 2 is 2.27 bits per heavy atom. The van der Waals surface area contributed by atoms with Crippen LogP contribution in [0.1, 0.15) is 18.9 Å². The molecule has 0 radical (unpaired) electrons. The highest BCUT2D eigenvalue weighted by molar-refractivity contribution is 7.91. The summed E-state index contributed by atoms with van der Waals surface area (Å²) in [5.74, 6) is 0.0100. The van der Waals surface area contributed by atoms with Crippen LogP contribution >= 0.6 is 0 Å². The Balaban J connectivity index is 3.24. The van der Waals surface area contributed by atoms with Crippen molar-refractivity contribution < 1.29 is 8.42 Å². The first-order chi connectivity index (χ1) is 7.01. The van der Waals surface area contributed by atoms with Crippen molar-refractivity contribution >= 4 is 15.5 Å². The highest BCUT2D eigenvalue weighted by Crippen LogP contribution is 2.18. The molecule has 6 heteroatoms. The molecule has 0 saturated carbocycles. The molecule has 0 aliphatic carbocycles. The number of hydrogen-bond acceptors (Lipinski definition) is 5. The van der Waals surface area contributed by atoms with Crippen LogP contribution in [0.4, 0.5) is 5.69 Å². The Labute approximate surface area is 88.5 Å². The van der Waals surface area contributed by atoms with Crippen molar-refractivity contribution in [1.29, 1.82) is 5.26 Å². The van der Waals surface area contributed by atoms with Crippen molar-refractivity contribution in [1.82, 2.24) is 4.98 Å². The largest absolute Gasteiger partial charge is 0.396 e. The first-order valence-electron chi connectivity index (χ1n) is 4.39. The van der Waals surface area contributed by atoms with Crippen LogP contribution in [0.3, 0.4) is 0 Å². The number of nitriles is 1. The summed E-state index contributed by atoms with van der Waals surface area (Å²) < 4.78 is 23.3. The minimum Gasteiger partial charge on any atom is -0.396 e. The molecule has 1 heterocycles. The lowest BCUT2D eigenvalue weighted by molar-refractivity contribution is 0.591. The van der Waals surface area contributed by atoms with E-state index in [4.69, 9.17) is 11.0 Å². The second-order valence-corrected chi connectivity index (χ2v) is 5.07. The zero-order valence-corrected chi connectivity index (χ0v) is 9.08. The monoisotopic (exact) mass is 225 g/mol. The van der Waals surface area contributed by atoms with Gasteiger partial charge in [0.15, 0.2) is 14.9 Å². The van der Waals surface area contributed by atoms with Crippen molar-refractivity contribution in [2.75, 3.05) is 11.5 Å². The van der Waals surface area contributed by atoms with E-state index in [9.17, 15) is 8.42 Å². The molecule has 15 heavy (non-hydrogen) atoms. The van der Waals surface area contributed by atoms with Gasteiger partial charge >= 0.3 is 0 Å². The molecule has 80 valence electrons. The van der Waals surface area contributed by atoms with E-state index >= 15 is 0 Å². The van der Waals surface area contributed by atoms with Crippen LogP contribution in [0.5, 0.6) is 0 Å². The van der Waals surface area contributed by atoms with Gasteiger partial charge in [-0.15, -0.1) is 0 Å². The third kappa shape index (κ3) is 2.44. The first kappa shape index (κ1) is 11.5. The summed E-state index contributed by atoms with van der Waals surface area (Å²) in [6.07, 6.45) is 1.71. The Morgan fingerprint density at radius 3 is 2.73 bits per heavy atom. The van der Waals surface area contributed by atoms with E-state index < -0.39 is 9.84 Å². The molecule has 1 rings (SSSR count). The third-order valence-corrected chi connectivity index (χ3v) is 3.65. The molecule has 1 aromatic heterocycles. The lowest BCUT2D eigenvalue weighted by Gasteiger charge is -2.04. The highest BCUT2D eigenvalue weighted by atomic mass is 32.2. The first-order valence-corrected chi connectivity index (χ1v) is 6.05. The molecule has 0 aliphatic rings. The average Bonchev–Trinajstić information content (AvgIpc) is 2.17. The number of sulfone groups is 1. The smallest absolute Gasteiger partial charge is 0.197 e. The molecule has 0 saturated heterocycles. The zero-order valence-electron chi connectivity index (χ0n) is 8.27. The van der Waals surface area contributed by atoms with Gasteiger partial charge in [-0.3, -0.25) is 0 Å². The second-order valence-electron chi connectivity index (χ2n) is 3.05. The quantitative estimate of drug-likeness (QED) is 0.817. The second kappa shape index (κ2) is 4.28. The number of hydrogen-bond donors (Lipinski definition) is 1. The summed E-state index contributed by atoms with van der Waals surface area (Å²) in [6, 6.07) is 3.16. The number of nitrogens with two attached hydrogens (primary N) is 1. The van der Waals surface area contributed by atoms with E-state index in [1.165, 1.54) is 12.3 Å². The fourth-order valence-corrected chi connectivity index (χ4v) is 2.52. The van der Waals surface area contributed by atoms with Crippen LogP contribution < -0.4 is 5.73 Å². The summed E-state index contributed by atoms with van der Waals surface area (Å²) in [4.78, 5) is 3.70. The minimum absolute atomic E-state index is 0.0100. The van der Waals surface area contributed by atoms with E-state index in [-0.39, 0.29) is 22.0 Å². The molecule has 1 aromatic rings. The maximum atomic E-state index is 11.6. The number of anilines is 1. The number of rotatable bonds is 3. The molecule has 0 aliphatic heterocycles. The Hall–Kier alpha value is -1.61. The van der Waals surface area contributed by atoms with Crippen LogP contribution in [-0.4, -0.2) is 19.2 Å². The van der Waals surface area contributed by atoms with Crippen LogP contribution in [0.15, 0.2) is 17.3 Å². The molecule has 0 aromatic carbocycles. The normalized spacial score (nSPS) is 10.9. The summed E-state index contributed by atoms with van der Waals surface area (Å²) in [7, 11) is -3.41. The van der Waals surface area contributed by atoms with E-state index in [0.29, 0.717) is 6.42 Å². The maximum absolute atomic E-state index is 11.6. The van der Waals surface area contributed by atoms with E-state index in [2.05, 4.69) is 4.98 Å². The fraction of sp³-hybridized carbons (Fsp3) is 0.333. The summed E-state index contributed by atoms with van der Waals surface area (Å²) >= 11 is 0. The van der Waals surface area contributed by atoms with Gasteiger partial charge in [0.25, 0.3) is 0 Å². The third-order valence-electron chi connectivity index (χ3n) is 1.78. The predicted molar refractivity (Wildman–Crippen MR) is 55.7 cm³/mol. The van der Waals surface area contributed by atoms with Gasteiger partial charge < -0.3 is 5.73 Å². The molecule has 0 fully saturated rings. The van der Waals surface area contributed by atoms with Gasteiger partial charge in [0, 0.05) is 6.20 Å². The molecule has 5 nitrogen and oxygen atoms in total. The van der Waals surface area contributed by atoms with Crippen molar-refractivity contribution in [3.05, 3.63) is 17.8 Å². The SMILES string of the molecule is CCCS(=O)(=O)c1ncc(C#N)cc1N. The van der Waals surface area contributed by atoms with Gasteiger partial charge in [-0.05, 0) is 12.5 Å². The number of pyridine rings is 1. The van der Waals surface area contributed by atoms with E-state index in [1.54, 1.807) is 6.92 Å². The Morgan fingerprint density at radius 1 is 1.60 bits per heavy atom. The van der Waals surface area contributed by atoms with Gasteiger partial charge in [-0.1, -0.05) is 6.92 Å². The topological polar surface area (TPSA) is 96.8 Å². The van der Waals surface area contributed by atoms with Gasteiger partial charge in [0.05, 0.1) is 17.0 Å². The Kier molecular flexibility index (Phi) is 3.27. The summed E-state index contributed by atoms with van der Waals surface area (Å²) in [6.45, 7) is 1.76. The Bertz CT molecular complexity index is 503. The molecule has 0 unspecified atom stereocenters. The van der Waals surface area contributed by atoms with Gasteiger partial charge in [0.1, 0.15) is 6.07 Å². The van der Waals surface area contributed by atoms with E-state index in [1.807, 2.05) is 6.07 Å². The molecular weight excluding hydrogens is 214 g/mol. The number of aromatic nitrogens is 1. The van der Waals surface area contributed by atoms with Crippen LogP contribution in [-0.2, 0) is 9.84 Å². The number of nitrogens with zero attached hydrogens (tertiary/aromatic N) is 2. The van der Waals surface area contributed by atoms with Gasteiger partial charge in [-0.2, -0.15) is 5.26 Å². The lowest BCUT2D eigenvalue weighted by Crippen LogP contribution is -2.11. The van der Waals surface area contributed by atoms with Crippen molar-refractivity contribution in [3.63, 3.8) is 0 Å².